The molecule has 0 aromatic carbocycles. The Morgan fingerprint density at radius 2 is 2.50 bits per heavy atom. The van der Waals surface area contributed by atoms with Gasteiger partial charge in [0.05, 0.1) is 5.69 Å². The minimum atomic E-state index is 0.609. The van der Waals surface area contributed by atoms with Gasteiger partial charge in [-0.15, -0.1) is 0 Å². The summed E-state index contributed by atoms with van der Waals surface area (Å²) < 4.78 is 5.33. The fourth-order valence-electron chi connectivity index (χ4n) is 1.94. The van der Waals surface area contributed by atoms with E-state index in [4.69, 9.17) is 10.2 Å². The van der Waals surface area contributed by atoms with Crippen molar-refractivity contribution in [2.45, 2.75) is 36.7 Å². The molecule has 0 spiro atoms. The van der Waals surface area contributed by atoms with Crippen LogP contribution in [0.4, 0.5) is 0 Å². The van der Waals surface area contributed by atoms with Crippen molar-refractivity contribution < 1.29 is 4.42 Å². The number of nitrogens with two attached hydrogens (primary N) is 1. The molecule has 1 aliphatic rings. The lowest BCUT2D eigenvalue weighted by molar-refractivity contribution is 0.450. The molecule has 1 saturated carbocycles. The van der Waals surface area contributed by atoms with Crippen LogP contribution in [-0.4, -0.2) is 16.8 Å². The predicted molar refractivity (Wildman–Crippen MR) is 57.3 cm³/mol. The van der Waals surface area contributed by atoms with Crippen LogP contribution in [0.5, 0.6) is 0 Å². The van der Waals surface area contributed by atoms with Crippen molar-refractivity contribution >= 4 is 11.8 Å². The first-order chi connectivity index (χ1) is 6.79. The van der Waals surface area contributed by atoms with Crippen molar-refractivity contribution in [2.24, 2.45) is 11.7 Å². The lowest BCUT2D eigenvalue weighted by atomic mass is 10.1. The van der Waals surface area contributed by atoms with Crippen LogP contribution in [0.2, 0.25) is 0 Å². The number of oxazole rings is 1. The molecule has 0 aliphatic heterocycles. The van der Waals surface area contributed by atoms with E-state index in [-0.39, 0.29) is 0 Å². The lowest BCUT2D eigenvalue weighted by Gasteiger charge is -2.14. The molecule has 2 N–H and O–H groups in total. The Kier molecular flexibility index (Phi) is 3.13. The maximum absolute atomic E-state index is 5.72. The highest BCUT2D eigenvalue weighted by Gasteiger charge is 2.28. The maximum atomic E-state index is 5.72. The molecule has 14 heavy (non-hydrogen) atoms. The summed E-state index contributed by atoms with van der Waals surface area (Å²) in [6.45, 7) is 2.74. The molecular formula is C10H16N2OS. The Labute approximate surface area is 88.5 Å². The molecule has 3 nitrogen and oxygen atoms in total. The molecule has 0 amide bonds. The second-order valence-electron chi connectivity index (χ2n) is 3.84. The summed E-state index contributed by atoms with van der Waals surface area (Å²) in [7, 11) is 0. The zero-order chi connectivity index (χ0) is 9.97. The van der Waals surface area contributed by atoms with E-state index in [0.717, 1.165) is 17.5 Å². The highest BCUT2D eigenvalue weighted by atomic mass is 32.2. The van der Waals surface area contributed by atoms with Gasteiger partial charge in [-0.05, 0) is 32.2 Å². The number of hydrogen-bond donors (Lipinski definition) is 1. The van der Waals surface area contributed by atoms with Gasteiger partial charge in [-0.1, -0.05) is 18.2 Å². The largest absolute Gasteiger partial charge is 0.440 e. The SMILES string of the molecule is Cc1coc(SC2CCCC2CN)n1. The Hall–Kier alpha value is -0.480. The molecule has 2 rings (SSSR count). The molecule has 1 aliphatic carbocycles. The third-order valence-electron chi connectivity index (χ3n) is 2.74. The first-order valence-electron chi connectivity index (χ1n) is 5.08. The van der Waals surface area contributed by atoms with Gasteiger partial charge in [-0.25, -0.2) is 4.98 Å². The van der Waals surface area contributed by atoms with E-state index in [1.807, 2.05) is 6.92 Å². The average Bonchev–Trinajstić information content (AvgIpc) is 2.76. The standard InChI is InChI=1S/C10H16N2OS/c1-7-6-13-10(12-7)14-9-4-2-3-8(9)5-11/h6,8-9H,2-5,11H2,1H3. The van der Waals surface area contributed by atoms with Crippen LogP contribution in [0.3, 0.4) is 0 Å². The maximum Gasteiger partial charge on any atom is 0.256 e. The van der Waals surface area contributed by atoms with Gasteiger partial charge in [0.25, 0.3) is 5.22 Å². The highest BCUT2D eigenvalue weighted by Crippen LogP contribution is 2.37. The number of nitrogens with zero attached hydrogens (tertiary/aromatic N) is 1. The average molecular weight is 212 g/mol. The molecule has 1 aromatic rings. The van der Waals surface area contributed by atoms with E-state index in [0.29, 0.717) is 11.2 Å². The summed E-state index contributed by atoms with van der Waals surface area (Å²) in [6, 6.07) is 0. The predicted octanol–water partition coefficient (Wildman–Crippen LogP) is 2.20. The Balaban J connectivity index is 1.96. The first-order valence-corrected chi connectivity index (χ1v) is 5.96. The summed E-state index contributed by atoms with van der Waals surface area (Å²) in [4.78, 5) is 4.30. The van der Waals surface area contributed by atoms with Crippen molar-refractivity contribution in [1.82, 2.24) is 4.98 Å². The minimum absolute atomic E-state index is 0.609. The number of rotatable bonds is 3. The normalized spacial score (nSPS) is 27.0. The number of aromatic nitrogens is 1. The Morgan fingerprint density at radius 1 is 1.64 bits per heavy atom. The van der Waals surface area contributed by atoms with Crippen molar-refractivity contribution in [3.63, 3.8) is 0 Å². The molecule has 1 aromatic heterocycles. The number of aryl methyl sites for hydroxylation is 1. The molecule has 2 unspecified atom stereocenters. The van der Waals surface area contributed by atoms with Gasteiger partial charge >= 0.3 is 0 Å². The topological polar surface area (TPSA) is 52.0 Å². The van der Waals surface area contributed by atoms with Gasteiger partial charge in [0.2, 0.25) is 0 Å². The fourth-order valence-corrected chi connectivity index (χ4v) is 3.23. The summed E-state index contributed by atoms with van der Waals surface area (Å²) in [5, 5.41) is 1.41. The van der Waals surface area contributed by atoms with Gasteiger partial charge in [-0.2, -0.15) is 0 Å². The number of thioether (sulfide) groups is 1. The van der Waals surface area contributed by atoms with Crippen molar-refractivity contribution in [2.75, 3.05) is 6.54 Å². The van der Waals surface area contributed by atoms with Crippen molar-refractivity contribution in [3.05, 3.63) is 12.0 Å². The van der Waals surface area contributed by atoms with Crippen LogP contribution in [0, 0.1) is 12.8 Å². The van der Waals surface area contributed by atoms with E-state index in [1.165, 1.54) is 19.3 Å². The molecule has 0 radical (unpaired) electrons. The summed E-state index contributed by atoms with van der Waals surface area (Å²) in [5.74, 6) is 0.646. The zero-order valence-electron chi connectivity index (χ0n) is 8.40. The summed E-state index contributed by atoms with van der Waals surface area (Å²) >= 11 is 1.75. The molecule has 0 saturated heterocycles. The van der Waals surface area contributed by atoms with E-state index in [2.05, 4.69) is 4.98 Å². The van der Waals surface area contributed by atoms with E-state index < -0.39 is 0 Å². The van der Waals surface area contributed by atoms with Crippen LogP contribution in [0.1, 0.15) is 25.0 Å². The second kappa shape index (κ2) is 4.36. The molecule has 78 valence electrons. The zero-order valence-corrected chi connectivity index (χ0v) is 9.22. The fraction of sp³-hybridized carbons (Fsp3) is 0.700. The third kappa shape index (κ3) is 2.12. The van der Waals surface area contributed by atoms with Crippen LogP contribution in [0.25, 0.3) is 0 Å². The van der Waals surface area contributed by atoms with Gasteiger partial charge in [0.1, 0.15) is 6.26 Å². The Morgan fingerprint density at radius 3 is 3.14 bits per heavy atom. The first kappa shape index (κ1) is 10.1. The number of hydrogen-bond acceptors (Lipinski definition) is 4. The third-order valence-corrected chi connectivity index (χ3v) is 4.05. The van der Waals surface area contributed by atoms with Crippen molar-refractivity contribution in [3.8, 4) is 0 Å². The minimum Gasteiger partial charge on any atom is -0.440 e. The molecule has 1 heterocycles. The van der Waals surface area contributed by atoms with Crippen LogP contribution in [-0.2, 0) is 0 Å². The quantitative estimate of drug-likeness (QED) is 0.834. The van der Waals surface area contributed by atoms with Crippen LogP contribution >= 0.6 is 11.8 Å². The molecule has 4 heteroatoms. The van der Waals surface area contributed by atoms with Crippen LogP contribution in [0.15, 0.2) is 15.9 Å². The highest BCUT2D eigenvalue weighted by molar-refractivity contribution is 7.99. The van der Waals surface area contributed by atoms with E-state index >= 15 is 0 Å². The van der Waals surface area contributed by atoms with E-state index in [1.54, 1.807) is 18.0 Å². The van der Waals surface area contributed by atoms with Crippen molar-refractivity contribution in [1.29, 1.82) is 0 Å². The molecular weight excluding hydrogens is 196 g/mol. The van der Waals surface area contributed by atoms with Gasteiger partial charge in [-0.3, -0.25) is 0 Å². The lowest BCUT2D eigenvalue weighted by Crippen LogP contribution is -2.20. The molecule has 1 fully saturated rings. The summed E-state index contributed by atoms with van der Waals surface area (Å²) in [6.07, 6.45) is 5.50. The van der Waals surface area contributed by atoms with Gasteiger partial charge in [0, 0.05) is 5.25 Å². The Bertz CT molecular complexity index is 300. The summed E-state index contributed by atoms with van der Waals surface area (Å²) in [5.41, 5.74) is 6.67. The monoisotopic (exact) mass is 212 g/mol. The molecule has 2 atom stereocenters. The smallest absolute Gasteiger partial charge is 0.256 e. The van der Waals surface area contributed by atoms with E-state index in [9.17, 15) is 0 Å². The molecule has 0 bridgehead atoms. The van der Waals surface area contributed by atoms with Crippen LogP contribution < -0.4 is 5.73 Å². The van der Waals surface area contributed by atoms with Gasteiger partial charge < -0.3 is 10.2 Å². The van der Waals surface area contributed by atoms with Gasteiger partial charge in [0.15, 0.2) is 0 Å². The second-order valence-corrected chi connectivity index (χ2v) is 5.03.